The third-order valence-electron chi connectivity index (χ3n) is 4.86. The van der Waals surface area contributed by atoms with Crippen molar-refractivity contribution < 1.29 is 4.79 Å². The number of hydrogen-bond donors (Lipinski definition) is 0. The summed E-state index contributed by atoms with van der Waals surface area (Å²) in [7, 11) is 2.18. The van der Waals surface area contributed by atoms with Crippen LogP contribution in [0.1, 0.15) is 19.3 Å². The average molecular weight is 222 g/mol. The lowest BCUT2D eigenvalue weighted by Gasteiger charge is -2.35. The van der Waals surface area contributed by atoms with Gasteiger partial charge in [0, 0.05) is 44.6 Å². The van der Waals surface area contributed by atoms with Crippen molar-refractivity contribution in [2.45, 2.75) is 19.3 Å². The molecule has 0 aromatic carbocycles. The van der Waals surface area contributed by atoms with Crippen LogP contribution in [0.2, 0.25) is 0 Å². The van der Waals surface area contributed by atoms with Crippen molar-refractivity contribution in [2.24, 2.45) is 17.8 Å². The van der Waals surface area contributed by atoms with Gasteiger partial charge in [0.2, 0.25) is 0 Å². The van der Waals surface area contributed by atoms with Crippen LogP contribution < -0.4 is 0 Å². The van der Waals surface area contributed by atoms with Gasteiger partial charge in [-0.2, -0.15) is 0 Å². The van der Waals surface area contributed by atoms with Gasteiger partial charge in [0.15, 0.2) is 0 Å². The predicted octanol–water partition coefficient (Wildman–Crippen LogP) is 0.849. The van der Waals surface area contributed by atoms with Crippen LogP contribution in [0.4, 0.5) is 0 Å². The Morgan fingerprint density at radius 3 is 2.56 bits per heavy atom. The smallest absolute Gasteiger partial charge is 0.140 e. The third-order valence-corrected chi connectivity index (χ3v) is 4.86. The summed E-state index contributed by atoms with van der Waals surface area (Å²) in [6.07, 6.45) is 3.70. The molecule has 3 rings (SSSR count). The molecule has 1 saturated heterocycles. The van der Waals surface area contributed by atoms with Crippen LogP contribution in [0.15, 0.2) is 0 Å². The lowest BCUT2D eigenvalue weighted by molar-refractivity contribution is -0.126. The maximum atomic E-state index is 12.1. The number of rotatable bonds is 2. The van der Waals surface area contributed by atoms with Gasteiger partial charge in [0.1, 0.15) is 5.78 Å². The quantitative estimate of drug-likeness (QED) is 0.692. The van der Waals surface area contributed by atoms with E-state index in [-0.39, 0.29) is 0 Å². The summed E-state index contributed by atoms with van der Waals surface area (Å²) in [5.41, 5.74) is 0. The average Bonchev–Trinajstić information content (AvgIpc) is 2.85. The number of fused-ring (bicyclic) bond motifs is 2. The Morgan fingerprint density at radius 1 is 1.19 bits per heavy atom. The van der Waals surface area contributed by atoms with Crippen molar-refractivity contribution in [2.75, 3.05) is 39.8 Å². The Balaban J connectivity index is 1.57. The minimum absolute atomic E-state index is 0.391. The van der Waals surface area contributed by atoms with E-state index in [4.69, 9.17) is 0 Å². The van der Waals surface area contributed by atoms with Gasteiger partial charge in [-0.05, 0) is 32.2 Å². The Kier molecular flexibility index (Phi) is 2.76. The SMILES string of the molecule is CN1CCN(C[C@@H]2C(=O)[C@@H]3CCC2C3)CC1. The molecule has 3 atom stereocenters. The monoisotopic (exact) mass is 222 g/mol. The van der Waals surface area contributed by atoms with Crippen molar-refractivity contribution in [3.63, 3.8) is 0 Å². The summed E-state index contributed by atoms with van der Waals surface area (Å²) < 4.78 is 0. The standard InChI is InChI=1S/C13H22N2O/c1-14-4-6-15(7-5-14)9-12-10-2-3-11(8-10)13(12)16/h10-12H,2-9H2,1H3/t10?,11-,12+/m1/s1. The number of carbonyl (C=O) groups excluding carboxylic acids is 1. The molecule has 16 heavy (non-hydrogen) atoms. The molecule has 2 bridgehead atoms. The van der Waals surface area contributed by atoms with E-state index in [0.29, 0.717) is 17.6 Å². The fourth-order valence-electron chi connectivity index (χ4n) is 3.72. The van der Waals surface area contributed by atoms with Crippen molar-refractivity contribution in [1.29, 1.82) is 0 Å². The molecule has 0 aromatic heterocycles. The lowest BCUT2D eigenvalue weighted by Crippen LogP contribution is -2.47. The van der Waals surface area contributed by atoms with Gasteiger partial charge >= 0.3 is 0 Å². The zero-order valence-electron chi connectivity index (χ0n) is 10.2. The van der Waals surface area contributed by atoms with Crippen LogP contribution in [0.5, 0.6) is 0 Å². The lowest BCUT2D eigenvalue weighted by atomic mass is 9.87. The largest absolute Gasteiger partial charge is 0.304 e. The molecule has 3 fully saturated rings. The zero-order valence-corrected chi connectivity index (χ0v) is 10.2. The van der Waals surface area contributed by atoms with Crippen LogP contribution in [0.25, 0.3) is 0 Å². The topological polar surface area (TPSA) is 23.6 Å². The fraction of sp³-hybridized carbons (Fsp3) is 0.923. The highest BCUT2D eigenvalue weighted by atomic mass is 16.1. The van der Waals surface area contributed by atoms with E-state index in [2.05, 4.69) is 16.8 Å². The molecule has 2 saturated carbocycles. The first-order valence-corrected chi connectivity index (χ1v) is 6.68. The molecule has 3 heteroatoms. The van der Waals surface area contributed by atoms with Gasteiger partial charge in [-0.3, -0.25) is 4.79 Å². The molecule has 0 spiro atoms. The van der Waals surface area contributed by atoms with Crippen molar-refractivity contribution in [1.82, 2.24) is 9.80 Å². The van der Waals surface area contributed by atoms with Gasteiger partial charge in [0.25, 0.3) is 0 Å². The zero-order chi connectivity index (χ0) is 11.1. The van der Waals surface area contributed by atoms with Crippen LogP contribution in [-0.4, -0.2) is 55.4 Å². The van der Waals surface area contributed by atoms with E-state index < -0.39 is 0 Å². The van der Waals surface area contributed by atoms with Crippen molar-refractivity contribution in [3.8, 4) is 0 Å². The molecule has 0 amide bonds. The van der Waals surface area contributed by atoms with Crippen LogP contribution in [0, 0.1) is 17.8 Å². The number of ketones is 1. The minimum atomic E-state index is 0.391. The van der Waals surface area contributed by atoms with Crippen LogP contribution in [0.3, 0.4) is 0 Å². The molecular formula is C13H22N2O. The second-order valence-corrected chi connectivity index (χ2v) is 5.88. The molecule has 1 unspecified atom stereocenters. The number of hydrogen-bond acceptors (Lipinski definition) is 3. The second-order valence-electron chi connectivity index (χ2n) is 5.88. The van der Waals surface area contributed by atoms with Crippen LogP contribution >= 0.6 is 0 Å². The van der Waals surface area contributed by atoms with Crippen molar-refractivity contribution in [3.05, 3.63) is 0 Å². The highest BCUT2D eigenvalue weighted by molar-refractivity contribution is 5.87. The van der Waals surface area contributed by atoms with E-state index in [1.807, 2.05) is 0 Å². The summed E-state index contributed by atoms with van der Waals surface area (Å²) in [4.78, 5) is 16.9. The van der Waals surface area contributed by atoms with E-state index in [1.54, 1.807) is 0 Å². The second kappa shape index (κ2) is 4.11. The molecule has 3 aliphatic rings. The van der Waals surface area contributed by atoms with Gasteiger partial charge in [-0.1, -0.05) is 0 Å². The normalized spacial score (nSPS) is 40.8. The van der Waals surface area contributed by atoms with E-state index in [9.17, 15) is 4.79 Å². The molecule has 1 aliphatic heterocycles. The molecule has 0 aromatic rings. The molecule has 90 valence electrons. The highest BCUT2D eigenvalue weighted by Crippen LogP contribution is 2.46. The van der Waals surface area contributed by atoms with Gasteiger partial charge in [0.05, 0.1) is 0 Å². The molecule has 1 heterocycles. The fourth-order valence-corrected chi connectivity index (χ4v) is 3.72. The van der Waals surface area contributed by atoms with Crippen molar-refractivity contribution >= 4 is 5.78 Å². The maximum absolute atomic E-state index is 12.1. The summed E-state index contributed by atoms with van der Waals surface area (Å²) in [6, 6.07) is 0. The first-order valence-electron chi connectivity index (χ1n) is 6.68. The van der Waals surface area contributed by atoms with Gasteiger partial charge < -0.3 is 9.80 Å². The molecule has 0 N–H and O–H groups in total. The number of piperazine rings is 1. The Labute approximate surface area is 97.8 Å². The molecular weight excluding hydrogens is 200 g/mol. The van der Waals surface area contributed by atoms with Gasteiger partial charge in [-0.15, -0.1) is 0 Å². The van der Waals surface area contributed by atoms with E-state index in [0.717, 1.165) is 38.6 Å². The summed E-state index contributed by atoms with van der Waals surface area (Å²) in [5.74, 6) is 2.16. The molecule has 3 nitrogen and oxygen atoms in total. The van der Waals surface area contributed by atoms with E-state index >= 15 is 0 Å². The first-order chi connectivity index (χ1) is 7.74. The summed E-state index contributed by atoms with van der Waals surface area (Å²) >= 11 is 0. The number of likely N-dealkylation sites (N-methyl/N-ethyl adjacent to an activating group) is 1. The Bertz CT molecular complexity index is 284. The van der Waals surface area contributed by atoms with Gasteiger partial charge in [-0.25, -0.2) is 0 Å². The first kappa shape index (κ1) is 10.7. The van der Waals surface area contributed by atoms with E-state index in [1.165, 1.54) is 19.3 Å². The summed E-state index contributed by atoms with van der Waals surface area (Å²) in [6.45, 7) is 5.67. The highest BCUT2D eigenvalue weighted by Gasteiger charge is 2.46. The maximum Gasteiger partial charge on any atom is 0.140 e. The number of Topliss-reactive ketones (excluding diaryl/α,β-unsaturated/α-hetero) is 1. The number of carbonyl (C=O) groups is 1. The molecule has 2 aliphatic carbocycles. The Hall–Kier alpha value is -0.410. The number of nitrogens with zero attached hydrogens (tertiary/aromatic N) is 2. The Morgan fingerprint density at radius 2 is 1.94 bits per heavy atom. The molecule has 0 radical (unpaired) electrons. The minimum Gasteiger partial charge on any atom is -0.304 e. The predicted molar refractivity (Wildman–Crippen MR) is 63.3 cm³/mol. The van der Waals surface area contributed by atoms with Crippen LogP contribution in [-0.2, 0) is 4.79 Å². The third kappa shape index (κ3) is 1.80. The summed E-state index contributed by atoms with van der Waals surface area (Å²) in [5, 5.41) is 0.